The van der Waals surface area contributed by atoms with Gasteiger partial charge in [0.1, 0.15) is 0 Å². The lowest BCUT2D eigenvalue weighted by atomic mass is 9.89. The van der Waals surface area contributed by atoms with Gasteiger partial charge in [0.2, 0.25) is 0 Å². The standard InChI is InChI=1S/C13H23BrN2S/c1-3-5-6-10(4-2)13(16-15)8-12-7-11(14)9-17-12/h7,9-10,13,16H,3-6,8,15H2,1-2H3. The van der Waals surface area contributed by atoms with E-state index in [1.807, 2.05) is 0 Å². The van der Waals surface area contributed by atoms with Crippen LogP contribution in [0.4, 0.5) is 0 Å². The van der Waals surface area contributed by atoms with E-state index in [1.54, 1.807) is 11.3 Å². The highest BCUT2D eigenvalue weighted by Gasteiger charge is 2.19. The summed E-state index contributed by atoms with van der Waals surface area (Å²) in [6, 6.07) is 2.60. The fourth-order valence-electron chi connectivity index (χ4n) is 2.20. The van der Waals surface area contributed by atoms with E-state index in [4.69, 9.17) is 5.84 Å². The lowest BCUT2D eigenvalue weighted by molar-refractivity contribution is 0.319. The van der Waals surface area contributed by atoms with E-state index in [1.165, 1.54) is 35.0 Å². The van der Waals surface area contributed by atoms with E-state index in [-0.39, 0.29) is 0 Å². The lowest BCUT2D eigenvalue weighted by Crippen LogP contribution is -2.42. The van der Waals surface area contributed by atoms with Gasteiger partial charge >= 0.3 is 0 Å². The number of nitrogens with two attached hydrogens (primary N) is 1. The zero-order chi connectivity index (χ0) is 12.7. The molecule has 0 saturated carbocycles. The van der Waals surface area contributed by atoms with Crippen molar-refractivity contribution in [2.45, 2.75) is 52.0 Å². The van der Waals surface area contributed by atoms with Crippen molar-refractivity contribution in [3.63, 3.8) is 0 Å². The van der Waals surface area contributed by atoms with Crippen LogP contribution in [-0.4, -0.2) is 6.04 Å². The van der Waals surface area contributed by atoms with Gasteiger partial charge in [-0.25, -0.2) is 0 Å². The summed E-state index contributed by atoms with van der Waals surface area (Å²) < 4.78 is 1.18. The van der Waals surface area contributed by atoms with Crippen LogP contribution in [0.25, 0.3) is 0 Å². The second kappa shape index (κ2) is 8.25. The van der Waals surface area contributed by atoms with Crippen LogP contribution in [0, 0.1) is 5.92 Å². The number of hydrazine groups is 1. The molecule has 2 nitrogen and oxygen atoms in total. The molecule has 2 atom stereocenters. The van der Waals surface area contributed by atoms with Crippen LogP contribution in [0.2, 0.25) is 0 Å². The topological polar surface area (TPSA) is 38.0 Å². The van der Waals surface area contributed by atoms with Crippen molar-refractivity contribution in [2.24, 2.45) is 11.8 Å². The molecule has 0 aliphatic carbocycles. The van der Waals surface area contributed by atoms with Crippen LogP contribution < -0.4 is 11.3 Å². The van der Waals surface area contributed by atoms with Gasteiger partial charge in [0.15, 0.2) is 0 Å². The number of rotatable bonds is 8. The normalized spacial score (nSPS) is 14.8. The average Bonchev–Trinajstić information content (AvgIpc) is 2.74. The SMILES string of the molecule is CCCCC(CC)C(Cc1cc(Br)cs1)NN. The zero-order valence-electron chi connectivity index (χ0n) is 10.7. The molecule has 0 fully saturated rings. The Morgan fingerprint density at radius 2 is 2.24 bits per heavy atom. The Morgan fingerprint density at radius 3 is 2.71 bits per heavy atom. The first kappa shape index (κ1) is 15.2. The van der Waals surface area contributed by atoms with Crippen LogP contribution in [0.15, 0.2) is 15.9 Å². The Hall–Kier alpha value is 0.1000. The number of hydrogen-bond acceptors (Lipinski definition) is 3. The van der Waals surface area contributed by atoms with Gasteiger partial charge in [-0.2, -0.15) is 0 Å². The smallest absolute Gasteiger partial charge is 0.0286 e. The molecule has 98 valence electrons. The zero-order valence-corrected chi connectivity index (χ0v) is 13.1. The van der Waals surface area contributed by atoms with Crippen LogP contribution in [0.5, 0.6) is 0 Å². The van der Waals surface area contributed by atoms with Crippen molar-refractivity contribution in [2.75, 3.05) is 0 Å². The molecule has 0 saturated heterocycles. The van der Waals surface area contributed by atoms with Crippen molar-refractivity contribution in [3.05, 3.63) is 20.8 Å². The third-order valence-electron chi connectivity index (χ3n) is 3.28. The molecular formula is C13H23BrN2S. The van der Waals surface area contributed by atoms with Crippen molar-refractivity contribution in [3.8, 4) is 0 Å². The monoisotopic (exact) mass is 318 g/mol. The quantitative estimate of drug-likeness (QED) is 0.559. The fourth-order valence-corrected chi connectivity index (χ4v) is 3.71. The van der Waals surface area contributed by atoms with Crippen LogP contribution in [0.3, 0.4) is 0 Å². The Balaban J connectivity index is 2.56. The van der Waals surface area contributed by atoms with Crippen molar-refractivity contribution in [1.29, 1.82) is 0 Å². The summed E-state index contributed by atoms with van der Waals surface area (Å²) in [5.74, 6) is 6.40. The first-order chi connectivity index (χ1) is 8.21. The van der Waals surface area contributed by atoms with Gasteiger partial charge < -0.3 is 0 Å². The summed E-state index contributed by atoms with van der Waals surface area (Å²) in [4.78, 5) is 1.40. The fraction of sp³-hybridized carbons (Fsp3) is 0.692. The van der Waals surface area contributed by atoms with Crippen molar-refractivity contribution in [1.82, 2.24) is 5.43 Å². The Labute approximate surface area is 117 Å². The number of thiophene rings is 1. The van der Waals surface area contributed by atoms with Crippen LogP contribution in [0.1, 0.15) is 44.4 Å². The lowest BCUT2D eigenvalue weighted by Gasteiger charge is -2.25. The molecule has 1 rings (SSSR count). The summed E-state index contributed by atoms with van der Waals surface area (Å²) in [5, 5.41) is 2.13. The van der Waals surface area contributed by atoms with Crippen molar-refractivity contribution >= 4 is 27.3 Å². The van der Waals surface area contributed by atoms with Crippen molar-refractivity contribution < 1.29 is 0 Å². The number of hydrogen-bond donors (Lipinski definition) is 2. The summed E-state index contributed by atoms with van der Waals surface area (Å²) >= 11 is 5.30. The molecule has 0 amide bonds. The van der Waals surface area contributed by atoms with Gasteiger partial charge in [0, 0.05) is 20.8 Å². The molecule has 1 aromatic rings. The first-order valence-electron chi connectivity index (χ1n) is 6.40. The van der Waals surface area contributed by atoms with E-state index >= 15 is 0 Å². The maximum Gasteiger partial charge on any atom is 0.0286 e. The van der Waals surface area contributed by atoms with Gasteiger partial charge in [0.25, 0.3) is 0 Å². The molecule has 4 heteroatoms. The molecule has 0 aromatic carbocycles. The third-order valence-corrected chi connectivity index (χ3v) is 5.00. The highest BCUT2D eigenvalue weighted by Crippen LogP contribution is 2.25. The molecule has 0 spiro atoms. The Kier molecular flexibility index (Phi) is 7.35. The molecule has 0 aliphatic rings. The predicted molar refractivity (Wildman–Crippen MR) is 80.1 cm³/mol. The van der Waals surface area contributed by atoms with Gasteiger partial charge in [-0.3, -0.25) is 11.3 Å². The minimum Gasteiger partial charge on any atom is -0.271 e. The maximum absolute atomic E-state index is 5.72. The second-order valence-electron chi connectivity index (χ2n) is 4.52. The summed E-state index contributed by atoms with van der Waals surface area (Å²) in [5.41, 5.74) is 3.01. The summed E-state index contributed by atoms with van der Waals surface area (Å²) in [6.07, 6.45) is 6.06. The number of nitrogens with one attached hydrogen (secondary N) is 1. The van der Waals surface area contributed by atoms with E-state index in [2.05, 4.69) is 46.6 Å². The largest absolute Gasteiger partial charge is 0.271 e. The van der Waals surface area contributed by atoms with E-state index < -0.39 is 0 Å². The maximum atomic E-state index is 5.72. The third kappa shape index (κ3) is 5.08. The molecule has 3 N–H and O–H groups in total. The molecule has 1 aromatic heterocycles. The average molecular weight is 319 g/mol. The molecule has 1 heterocycles. The summed E-state index contributed by atoms with van der Waals surface area (Å²) in [7, 11) is 0. The molecule has 0 aliphatic heterocycles. The van der Waals surface area contributed by atoms with Gasteiger partial charge in [-0.15, -0.1) is 11.3 Å². The minimum atomic E-state index is 0.400. The Bertz CT molecular complexity index is 314. The first-order valence-corrected chi connectivity index (χ1v) is 8.07. The molecule has 0 bridgehead atoms. The number of halogens is 1. The van der Waals surface area contributed by atoms with Gasteiger partial charge in [0.05, 0.1) is 0 Å². The van der Waals surface area contributed by atoms with Crippen LogP contribution in [-0.2, 0) is 6.42 Å². The Morgan fingerprint density at radius 1 is 1.47 bits per heavy atom. The second-order valence-corrected chi connectivity index (χ2v) is 6.43. The van der Waals surface area contributed by atoms with E-state index in [0.717, 1.165) is 6.42 Å². The summed E-state index contributed by atoms with van der Waals surface area (Å²) in [6.45, 7) is 4.50. The van der Waals surface area contributed by atoms with Crippen LogP contribution >= 0.6 is 27.3 Å². The minimum absolute atomic E-state index is 0.400. The molecule has 0 radical (unpaired) electrons. The molecule has 17 heavy (non-hydrogen) atoms. The van der Waals surface area contributed by atoms with Gasteiger partial charge in [-0.05, 0) is 40.8 Å². The van der Waals surface area contributed by atoms with E-state index in [0.29, 0.717) is 12.0 Å². The number of unbranched alkanes of at least 4 members (excludes halogenated alkanes) is 1. The van der Waals surface area contributed by atoms with E-state index in [9.17, 15) is 0 Å². The highest BCUT2D eigenvalue weighted by atomic mass is 79.9. The molecular weight excluding hydrogens is 296 g/mol. The predicted octanol–water partition coefficient (Wildman–Crippen LogP) is 4.10. The van der Waals surface area contributed by atoms with Gasteiger partial charge in [-0.1, -0.05) is 33.1 Å². The molecule has 2 unspecified atom stereocenters. The highest BCUT2D eigenvalue weighted by molar-refractivity contribution is 9.10.